The third kappa shape index (κ3) is 3.24. The van der Waals surface area contributed by atoms with E-state index in [1.54, 1.807) is 4.68 Å². The summed E-state index contributed by atoms with van der Waals surface area (Å²) in [7, 11) is 1.89. The maximum Gasteiger partial charge on any atom is 0.253 e. The molecule has 29 heavy (non-hydrogen) atoms. The first-order valence-corrected chi connectivity index (χ1v) is 10.4. The molecular weight excluding hydrogens is 366 g/mol. The van der Waals surface area contributed by atoms with Crippen molar-refractivity contribution in [2.75, 3.05) is 19.8 Å². The molecule has 1 unspecified atom stereocenters. The van der Waals surface area contributed by atoms with Gasteiger partial charge in [0.05, 0.1) is 36.2 Å². The van der Waals surface area contributed by atoms with Crippen LogP contribution in [0.2, 0.25) is 0 Å². The average molecular weight is 393 g/mol. The summed E-state index contributed by atoms with van der Waals surface area (Å²) >= 11 is 0. The number of aromatic nitrogens is 3. The summed E-state index contributed by atoms with van der Waals surface area (Å²) in [5.41, 5.74) is 2.67. The van der Waals surface area contributed by atoms with Gasteiger partial charge in [0, 0.05) is 43.0 Å². The minimum atomic E-state index is -0.00205. The van der Waals surface area contributed by atoms with Gasteiger partial charge in [0.25, 0.3) is 5.91 Å². The van der Waals surface area contributed by atoms with Crippen LogP contribution in [0.25, 0.3) is 16.6 Å². The highest BCUT2D eigenvalue weighted by molar-refractivity contribution is 6.07. The Hall–Kier alpha value is -2.64. The van der Waals surface area contributed by atoms with Crippen LogP contribution in [0, 0.1) is 0 Å². The summed E-state index contributed by atoms with van der Waals surface area (Å²) in [6, 6.07) is 9.01. The fourth-order valence-electron chi connectivity index (χ4n) is 4.99. The highest BCUT2D eigenvalue weighted by Crippen LogP contribution is 2.29. The molecule has 3 atom stereocenters. The summed E-state index contributed by atoms with van der Waals surface area (Å²) in [5, 5.41) is 8.55. The van der Waals surface area contributed by atoms with E-state index in [0.29, 0.717) is 17.6 Å². The summed E-state index contributed by atoms with van der Waals surface area (Å²) in [5.74, 6) is -0.00205. The molecule has 4 heterocycles. The van der Waals surface area contributed by atoms with Gasteiger partial charge < -0.3 is 14.6 Å². The monoisotopic (exact) mass is 393 g/mol. The number of aryl methyl sites for hydroxylation is 1. The number of hydrogen-bond acceptors (Lipinski definition) is 4. The van der Waals surface area contributed by atoms with Crippen molar-refractivity contribution in [3.63, 3.8) is 0 Å². The van der Waals surface area contributed by atoms with Gasteiger partial charge in [-0.2, -0.15) is 5.10 Å². The number of amides is 1. The first kappa shape index (κ1) is 18.4. The Bertz CT molecular complexity index is 1020. The number of nitrogens with zero attached hydrogens (tertiary/aromatic N) is 4. The molecule has 0 radical (unpaired) electrons. The van der Waals surface area contributed by atoms with Crippen LogP contribution in [-0.4, -0.2) is 63.0 Å². The Morgan fingerprint density at radius 3 is 2.66 bits per heavy atom. The van der Waals surface area contributed by atoms with E-state index >= 15 is 0 Å². The van der Waals surface area contributed by atoms with Crippen LogP contribution >= 0.6 is 0 Å². The molecule has 2 aromatic heterocycles. The van der Waals surface area contributed by atoms with Crippen LogP contribution in [-0.2, 0) is 11.8 Å². The van der Waals surface area contributed by atoms with Crippen LogP contribution in [0.15, 0.2) is 42.9 Å². The largest absolute Gasteiger partial charge is 0.378 e. The van der Waals surface area contributed by atoms with Crippen molar-refractivity contribution >= 4 is 16.8 Å². The lowest BCUT2D eigenvalue weighted by Crippen LogP contribution is -2.60. The van der Waals surface area contributed by atoms with Crippen LogP contribution in [0.4, 0.5) is 0 Å². The van der Waals surface area contributed by atoms with Crippen LogP contribution in [0.3, 0.4) is 0 Å². The van der Waals surface area contributed by atoms with E-state index in [0.717, 1.165) is 49.2 Å². The Kier molecular flexibility index (Phi) is 4.64. The molecule has 7 heteroatoms. The van der Waals surface area contributed by atoms with Gasteiger partial charge in [0.15, 0.2) is 0 Å². The van der Waals surface area contributed by atoms with Crippen LogP contribution < -0.4 is 5.32 Å². The number of rotatable bonds is 4. The molecule has 2 fully saturated rings. The van der Waals surface area contributed by atoms with Gasteiger partial charge in [-0.15, -0.1) is 0 Å². The zero-order valence-corrected chi connectivity index (χ0v) is 16.9. The summed E-state index contributed by atoms with van der Waals surface area (Å²) in [4.78, 5) is 15.8. The van der Waals surface area contributed by atoms with Crippen molar-refractivity contribution < 1.29 is 9.53 Å². The van der Waals surface area contributed by atoms with Gasteiger partial charge >= 0.3 is 0 Å². The third-order valence-electron chi connectivity index (χ3n) is 6.30. The predicted octanol–water partition coefficient (Wildman–Crippen LogP) is 2.35. The van der Waals surface area contributed by atoms with Gasteiger partial charge in [-0.25, -0.2) is 0 Å². The lowest BCUT2D eigenvalue weighted by molar-refractivity contribution is -0.0774. The minimum absolute atomic E-state index is 0.00205. The van der Waals surface area contributed by atoms with Crippen molar-refractivity contribution in [3.8, 4) is 5.69 Å². The lowest BCUT2D eigenvalue weighted by Gasteiger charge is -2.48. The molecule has 0 saturated carbocycles. The van der Waals surface area contributed by atoms with Crippen LogP contribution in [0.1, 0.15) is 30.1 Å². The van der Waals surface area contributed by atoms with Gasteiger partial charge in [0.2, 0.25) is 0 Å². The van der Waals surface area contributed by atoms with Crippen molar-refractivity contribution in [2.24, 2.45) is 7.05 Å². The molecule has 2 aliphatic rings. The molecule has 152 valence electrons. The molecule has 2 aliphatic heterocycles. The molecule has 7 nitrogen and oxygen atoms in total. The number of morpholine rings is 1. The number of carbonyl (C=O) groups excluding carboxylic acids is 1. The van der Waals surface area contributed by atoms with Crippen molar-refractivity contribution in [2.45, 2.75) is 37.9 Å². The van der Waals surface area contributed by atoms with E-state index in [-0.39, 0.29) is 11.9 Å². The van der Waals surface area contributed by atoms with E-state index in [4.69, 9.17) is 4.74 Å². The second-order valence-electron chi connectivity index (χ2n) is 8.12. The summed E-state index contributed by atoms with van der Waals surface area (Å²) < 4.78 is 9.56. The minimum Gasteiger partial charge on any atom is -0.378 e. The zero-order chi connectivity index (χ0) is 20.0. The topological polar surface area (TPSA) is 64.3 Å². The summed E-state index contributed by atoms with van der Waals surface area (Å²) in [6.45, 7) is 4.77. The highest BCUT2D eigenvalue weighted by atomic mass is 16.5. The van der Waals surface area contributed by atoms with Gasteiger partial charge in [0.1, 0.15) is 0 Å². The molecular formula is C22H27N5O2. The standard InChI is InChI=1S/C22H27N5O2/c1-3-26-16-8-15(9-17(26)14-29-13-16)24-22(28)20-12-27(18-10-23-25(2)11-18)21-7-5-4-6-19(20)21/h4-7,10-12,15-17H,3,8-9,13-14H2,1-2H3,(H,24,28)/t15?,16-,17+. The van der Waals surface area contributed by atoms with Crippen molar-refractivity contribution in [1.82, 2.24) is 24.6 Å². The number of likely N-dealkylation sites (N-methyl/N-ethyl adjacent to an activating group) is 1. The maximum atomic E-state index is 13.3. The third-order valence-corrected chi connectivity index (χ3v) is 6.30. The molecule has 1 N–H and O–H groups in total. The Morgan fingerprint density at radius 1 is 1.21 bits per heavy atom. The first-order valence-electron chi connectivity index (χ1n) is 10.4. The van der Waals surface area contributed by atoms with E-state index in [9.17, 15) is 4.79 Å². The number of benzene rings is 1. The normalized spacial score (nSPS) is 24.7. The number of piperidine rings is 1. The molecule has 1 aromatic carbocycles. The Balaban J connectivity index is 1.42. The van der Waals surface area contributed by atoms with Crippen LogP contribution in [0.5, 0.6) is 0 Å². The molecule has 3 aromatic rings. The van der Waals surface area contributed by atoms with E-state index < -0.39 is 0 Å². The number of carbonyl (C=O) groups is 1. The SMILES string of the molecule is CCN1[C@@H]2COC[C@H]1CC(NC(=O)c1cn(-c3cnn(C)c3)c3ccccc13)C2. The van der Waals surface area contributed by atoms with E-state index in [2.05, 4.69) is 22.2 Å². The molecule has 5 rings (SSSR count). The second-order valence-corrected chi connectivity index (χ2v) is 8.12. The number of hydrogen-bond donors (Lipinski definition) is 1. The fraction of sp³-hybridized carbons (Fsp3) is 0.455. The van der Waals surface area contributed by atoms with E-state index in [1.807, 2.05) is 54.5 Å². The molecule has 0 aliphatic carbocycles. The predicted molar refractivity (Wildman–Crippen MR) is 111 cm³/mol. The van der Waals surface area contributed by atoms with Gasteiger partial charge in [-0.3, -0.25) is 14.4 Å². The second kappa shape index (κ2) is 7.31. The molecule has 0 spiro atoms. The average Bonchev–Trinajstić information content (AvgIpc) is 3.31. The fourth-order valence-corrected chi connectivity index (χ4v) is 4.99. The Labute approximate surface area is 170 Å². The number of ether oxygens (including phenoxy) is 1. The highest BCUT2D eigenvalue weighted by Gasteiger charge is 2.38. The zero-order valence-electron chi connectivity index (χ0n) is 16.9. The number of nitrogens with one attached hydrogen (secondary N) is 1. The number of fused-ring (bicyclic) bond motifs is 3. The molecule has 1 amide bonds. The first-order chi connectivity index (χ1) is 14.1. The van der Waals surface area contributed by atoms with E-state index in [1.165, 1.54) is 0 Å². The smallest absolute Gasteiger partial charge is 0.253 e. The lowest BCUT2D eigenvalue weighted by atomic mass is 9.90. The Morgan fingerprint density at radius 2 is 1.97 bits per heavy atom. The van der Waals surface area contributed by atoms with Crippen molar-refractivity contribution in [1.29, 1.82) is 0 Å². The van der Waals surface area contributed by atoms with Gasteiger partial charge in [-0.05, 0) is 25.5 Å². The summed E-state index contributed by atoms with van der Waals surface area (Å²) in [6.07, 6.45) is 7.59. The quantitative estimate of drug-likeness (QED) is 0.739. The maximum absolute atomic E-state index is 13.3. The van der Waals surface area contributed by atoms with Gasteiger partial charge in [-0.1, -0.05) is 25.1 Å². The molecule has 2 bridgehead atoms. The van der Waals surface area contributed by atoms with Crippen molar-refractivity contribution in [3.05, 3.63) is 48.4 Å². The molecule has 2 saturated heterocycles. The number of para-hydroxylation sites is 1.